The minimum atomic E-state index is -0.641. The van der Waals surface area contributed by atoms with Gasteiger partial charge in [-0.15, -0.1) is 0 Å². The van der Waals surface area contributed by atoms with Gasteiger partial charge in [-0.3, -0.25) is 10.1 Å². The molecule has 0 radical (unpaired) electrons. The van der Waals surface area contributed by atoms with Crippen molar-refractivity contribution < 1.29 is 18.9 Å². The molecule has 0 amide bonds. The monoisotopic (exact) mass is 361 g/mol. The van der Waals surface area contributed by atoms with Gasteiger partial charge in [-0.25, -0.2) is 4.79 Å². The van der Waals surface area contributed by atoms with E-state index in [0.29, 0.717) is 5.76 Å². The number of halogens is 1. The van der Waals surface area contributed by atoms with Crippen molar-refractivity contribution in [1.82, 2.24) is 0 Å². The fourth-order valence-electron chi connectivity index (χ4n) is 1.92. The molecular formula is C15H8BrNO5. The fraction of sp³-hybridized carbons (Fsp3) is 0. The summed E-state index contributed by atoms with van der Waals surface area (Å²) in [5.74, 6) is -0.274. The Kier molecular flexibility index (Phi) is 3.64. The van der Waals surface area contributed by atoms with Crippen LogP contribution in [0.2, 0.25) is 0 Å². The largest absolute Gasteiger partial charge is 0.433 e. The average Bonchev–Trinajstić information content (AvgIpc) is 3.08. The SMILES string of the molecule is O=C1OC(c2ccc(Br)cc2)=C/C1=C/c1ccc([N+](=O)[O-])o1. The van der Waals surface area contributed by atoms with Gasteiger partial charge in [0, 0.05) is 10.0 Å². The maximum absolute atomic E-state index is 11.8. The number of carbonyl (C=O) groups excluding carboxylic acids is 1. The molecule has 0 saturated heterocycles. The summed E-state index contributed by atoms with van der Waals surface area (Å²) in [7, 11) is 0. The van der Waals surface area contributed by atoms with E-state index in [4.69, 9.17) is 9.15 Å². The zero-order valence-corrected chi connectivity index (χ0v) is 12.6. The predicted octanol–water partition coefficient (Wildman–Crippen LogP) is 3.93. The number of hydrogen-bond acceptors (Lipinski definition) is 5. The first-order chi connectivity index (χ1) is 10.5. The maximum Gasteiger partial charge on any atom is 0.433 e. The Morgan fingerprint density at radius 2 is 1.86 bits per heavy atom. The summed E-state index contributed by atoms with van der Waals surface area (Å²) < 4.78 is 11.1. The van der Waals surface area contributed by atoms with Crippen LogP contribution in [0.25, 0.3) is 11.8 Å². The molecule has 7 heteroatoms. The Hall–Kier alpha value is -2.67. The molecule has 0 fully saturated rings. The van der Waals surface area contributed by atoms with Crippen molar-refractivity contribution in [3.8, 4) is 0 Å². The van der Waals surface area contributed by atoms with E-state index >= 15 is 0 Å². The Bertz CT molecular complexity index is 817. The molecule has 1 aliphatic rings. The van der Waals surface area contributed by atoms with E-state index in [0.717, 1.165) is 10.0 Å². The number of esters is 1. The smallest absolute Gasteiger partial charge is 0.422 e. The second-order valence-corrected chi connectivity index (χ2v) is 5.35. The van der Waals surface area contributed by atoms with Gasteiger partial charge in [0.05, 0.1) is 11.6 Å². The van der Waals surface area contributed by atoms with Crippen LogP contribution in [0.3, 0.4) is 0 Å². The van der Waals surface area contributed by atoms with Crippen LogP contribution < -0.4 is 0 Å². The molecule has 0 spiro atoms. The highest BCUT2D eigenvalue weighted by atomic mass is 79.9. The van der Waals surface area contributed by atoms with Crippen molar-refractivity contribution in [2.45, 2.75) is 0 Å². The summed E-state index contributed by atoms with van der Waals surface area (Å²) in [6.07, 6.45) is 2.97. The molecule has 110 valence electrons. The highest BCUT2D eigenvalue weighted by molar-refractivity contribution is 9.10. The lowest BCUT2D eigenvalue weighted by atomic mass is 10.1. The lowest BCUT2D eigenvalue weighted by Crippen LogP contribution is -1.96. The second-order valence-electron chi connectivity index (χ2n) is 4.44. The first kappa shape index (κ1) is 14.3. The third-order valence-electron chi connectivity index (χ3n) is 2.94. The van der Waals surface area contributed by atoms with Gasteiger partial charge >= 0.3 is 11.9 Å². The molecular weight excluding hydrogens is 354 g/mol. The maximum atomic E-state index is 11.8. The summed E-state index contributed by atoms with van der Waals surface area (Å²) in [5, 5.41) is 10.6. The van der Waals surface area contributed by atoms with Crippen LogP contribution in [-0.2, 0) is 9.53 Å². The zero-order valence-electron chi connectivity index (χ0n) is 11.0. The molecule has 2 heterocycles. The van der Waals surface area contributed by atoms with Crippen LogP contribution in [0.4, 0.5) is 5.88 Å². The van der Waals surface area contributed by atoms with Gasteiger partial charge in [0.15, 0.2) is 0 Å². The highest BCUT2D eigenvalue weighted by Crippen LogP contribution is 2.29. The van der Waals surface area contributed by atoms with Gasteiger partial charge < -0.3 is 9.15 Å². The molecule has 0 atom stereocenters. The third kappa shape index (κ3) is 2.84. The Labute approximate surface area is 133 Å². The molecule has 0 saturated carbocycles. The van der Waals surface area contributed by atoms with Gasteiger partial charge in [0.1, 0.15) is 16.4 Å². The molecule has 0 aliphatic carbocycles. The first-order valence-corrected chi connectivity index (χ1v) is 6.98. The Balaban J connectivity index is 1.90. The normalized spacial score (nSPS) is 15.8. The van der Waals surface area contributed by atoms with Crippen molar-refractivity contribution in [3.63, 3.8) is 0 Å². The van der Waals surface area contributed by atoms with Gasteiger partial charge in [0.25, 0.3) is 0 Å². The number of nitrogens with zero attached hydrogens (tertiary/aromatic N) is 1. The Morgan fingerprint density at radius 3 is 2.50 bits per heavy atom. The summed E-state index contributed by atoms with van der Waals surface area (Å²) in [6, 6.07) is 9.94. The Morgan fingerprint density at radius 1 is 1.14 bits per heavy atom. The van der Waals surface area contributed by atoms with E-state index < -0.39 is 10.9 Å². The van der Waals surface area contributed by atoms with Crippen molar-refractivity contribution in [2.24, 2.45) is 0 Å². The minimum Gasteiger partial charge on any atom is -0.422 e. The molecule has 0 unspecified atom stereocenters. The predicted molar refractivity (Wildman–Crippen MR) is 81.6 cm³/mol. The van der Waals surface area contributed by atoms with Gasteiger partial charge in [-0.2, -0.15) is 0 Å². The van der Waals surface area contributed by atoms with Crippen molar-refractivity contribution in [3.05, 3.63) is 74.0 Å². The summed E-state index contributed by atoms with van der Waals surface area (Å²) in [6.45, 7) is 0. The molecule has 1 aromatic heterocycles. The number of carbonyl (C=O) groups is 1. The number of rotatable bonds is 3. The van der Waals surface area contributed by atoms with Crippen molar-refractivity contribution >= 4 is 39.6 Å². The number of ether oxygens (including phenoxy) is 1. The van der Waals surface area contributed by atoms with E-state index in [1.54, 1.807) is 6.08 Å². The summed E-state index contributed by atoms with van der Waals surface area (Å²) in [4.78, 5) is 21.8. The van der Waals surface area contributed by atoms with E-state index in [9.17, 15) is 14.9 Å². The summed E-state index contributed by atoms with van der Waals surface area (Å²) in [5.41, 5.74) is 1.02. The third-order valence-corrected chi connectivity index (χ3v) is 3.47. The number of benzene rings is 1. The van der Waals surface area contributed by atoms with Gasteiger partial charge in [0.2, 0.25) is 0 Å². The lowest BCUT2D eigenvalue weighted by Gasteiger charge is -2.01. The van der Waals surface area contributed by atoms with Crippen LogP contribution in [0.1, 0.15) is 11.3 Å². The lowest BCUT2D eigenvalue weighted by molar-refractivity contribution is -0.402. The molecule has 1 aliphatic heterocycles. The highest BCUT2D eigenvalue weighted by Gasteiger charge is 2.23. The number of hydrogen-bond donors (Lipinski definition) is 0. The molecule has 22 heavy (non-hydrogen) atoms. The second kappa shape index (κ2) is 5.61. The topological polar surface area (TPSA) is 82.6 Å². The van der Waals surface area contributed by atoms with Crippen LogP contribution in [0.15, 0.2) is 56.9 Å². The fourth-order valence-corrected chi connectivity index (χ4v) is 2.18. The van der Waals surface area contributed by atoms with E-state index in [1.165, 1.54) is 18.2 Å². The average molecular weight is 362 g/mol. The van der Waals surface area contributed by atoms with E-state index in [1.807, 2.05) is 24.3 Å². The van der Waals surface area contributed by atoms with Crippen molar-refractivity contribution in [1.29, 1.82) is 0 Å². The molecule has 0 bridgehead atoms. The van der Waals surface area contributed by atoms with E-state index in [2.05, 4.69) is 15.9 Å². The molecule has 0 N–H and O–H groups in total. The molecule has 6 nitrogen and oxygen atoms in total. The van der Waals surface area contributed by atoms with Crippen LogP contribution in [0, 0.1) is 10.1 Å². The van der Waals surface area contributed by atoms with Crippen molar-refractivity contribution in [2.75, 3.05) is 0 Å². The minimum absolute atomic E-state index is 0.215. The van der Waals surface area contributed by atoms with E-state index in [-0.39, 0.29) is 17.2 Å². The summed E-state index contributed by atoms with van der Waals surface area (Å²) >= 11 is 3.33. The number of nitro groups is 1. The van der Waals surface area contributed by atoms with Crippen LogP contribution >= 0.6 is 15.9 Å². The standard InChI is InChI=1S/C15H8BrNO5/c16-11-3-1-9(2-4-11)13-8-10(15(18)22-13)7-12-5-6-14(21-12)17(19)20/h1-8H/b10-7-. The van der Waals surface area contributed by atoms with Gasteiger partial charge in [-0.1, -0.05) is 28.1 Å². The first-order valence-electron chi connectivity index (χ1n) is 6.19. The van der Waals surface area contributed by atoms with Gasteiger partial charge in [-0.05, 0) is 30.4 Å². The number of cyclic esters (lactones) is 1. The molecule has 2 aromatic rings. The zero-order chi connectivity index (χ0) is 15.7. The van der Waals surface area contributed by atoms with Crippen LogP contribution in [-0.4, -0.2) is 10.9 Å². The molecule has 3 rings (SSSR count). The number of furan rings is 1. The quantitative estimate of drug-likeness (QED) is 0.358. The molecule has 1 aromatic carbocycles. The van der Waals surface area contributed by atoms with Crippen LogP contribution in [0.5, 0.6) is 0 Å².